The topological polar surface area (TPSA) is 55.4 Å². The van der Waals surface area contributed by atoms with Crippen LogP contribution in [-0.2, 0) is 9.84 Å². The number of hydrogen-bond acceptors (Lipinski definition) is 4. The van der Waals surface area contributed by atoms with Gasteiger partial charge >= 0.3 is 0 Å². The van der Waals surface area contributed by atoms with E-state index in [1.54, 1.807) is 7.11 Å². The molecule has 0 aliphatic rings. The van der Waals surface area contributed by atoms with E-state index < -0.39 is 9.84 Å². The van der Waals surface area contributed by atoms with E-state index in [4.69, 9.17) is 4.74 Å². The first-order valence-electron chi connectivity index (χ1n) is 5.09. The number of nitrogens with one attached hydrogen (secondary N) is 1. The van der Waals surface area contributed by atoms with Gasteiger partial charge in [0.2, 0.25) is 0 Å². The molecule has 0 aromatic heterocycles. The molecule has 96 valence electrons. The van der Waals surface area contributed by atoms with Crippen LogP contribution in [0.3, 0.4) is 0 Å². The zero-order valence-corrected chi connectivity index (χ0v) is 12.4. The van der Waals surface area contributed by atoms with Crippen molar-refractivity contribution in [2.45, 2.75) is 13.0 Å². The monoisotopic (exact) mass is 321 g/mol. The molecular formula is C11H16BrNO3S. The smallest absolute Gasteiger partial charge is 0.149 e. The lowest BCUT2D eigenvalue weighted by Gasteiger charge is -2.15. The van der Waals surface area contributed by atoms with Gasteiger partial charge in [0.15, 0.2) is 0 Å². The van der Waals surface area contributed by atoms with Crippen molar-refractivity contribution >= 4 is 31.5 Å². The minimum Gasteiger partial charge on any atom is -0.495 e. The van der Waals surface area contributed by atoms with Gasteiger partial charge in [0.25, 0.3) is 0 Å². The van der Waals surface area contributed by atoms with Crippen molar-refractivity contribution in [3.8, 4) is 5.75 Å². The van der Waals surface area contributed by atoms with E-state index in [0.717, 1.165) is 10.2 Å². The number of ether oxygens (including phenoxy) is 1. The highest BCUT2D eigenvalue weighted by atomic mass is 79.9. The highest BCUT2D eigenvalue weighted by Gasteiger charge is 2.11. The molecular weight excluding hydrogens is 306 g/mol. The Labute approximate surface area is 110 Å². The molecule has 17 heavy (non-hydrogen) atoms. The summed E-state index contributed by atoms with van der Waals surface area (Å²) in [5.74, 6) is 0.812. The van der Waals surface area contributed by atoms with Crippen molar-refractivity contribution in [2.75, 3.05) is 24.4 Å². The molecule has 0 radical (unpaired) electrons. The Balaban J connectivity index is 2.75. The standard InChI is InChI=1S/C11H16BrNO3S/c1-8(7-17(3,14)15)13-9-4-5-10(12)11(6-9)16-2/h4-6,8,13H,7H2,1-3H3. The summed E-state index contributed by atoms with van der Waals surface area (Å²) in [6.07, 6.45) is 1.23. The van der Waals surface area contributed by atoms with Gasteiger partial charge in [-0.05, 0) is 35.0 Å². The van der Waals surface area contributed by atoms with Crippen LogP contribution in [0.2, 0.25) is 0 Å². The van der Waals surface area contributed by atoms with Crippen molar-refractivity contribution in [3.05, 3.63) is 22.7 Å². The van der Waals surface area contributed by atoms with Crippen LogP contribution < -0.4 is 10.1 Å². The van der Waals surface area contributed by atoms with Crippen molar-refractivity contribution in [3.63, 3.8) is 0 Å². The Morgan fingerprint density at radius 3 is 2.65 bits per heavy atom. The Morgan fingerprint density at radius 1 is 1.47 bits per heavy atom. The van der Waals surface area contributed by atoms with Crippen LogP contribution in [0.5, 0.6) is 5.75 Å². The Kier molecular flexibility index (Phi) is 4.82. The quantitative estimate of drug-likeness (QED) is 0.904. The lowest BCUT2D eigenvalue weighted by atomic mass is 10.2. The summed E-state index contributed by atoms with van der Waals surface area (Å²) in [5.41, 5.74) is 0.834. The van der Waals surface area contributed by atoms with E-state index in [9.17, 15) is 8.42 Å². The van der Waals surface area contributed by atoms with E-state index in [0.29, 0.717) is 5.75 Å². The SMILES string of the molecule is COc1cc(NC(C)CS(C)(=O)=O)ccc1Br. The number of anilines is 1. The predicted octanol–water partition coefficient (Wildman–Crippen LogP) is 2.30. The van der Waals surface area contributed by atoms with Crippen molar-refractivity contribution in [1.29, 1.82) is 0 Å². The van der Waals surface area contributed by atoms with Gasteiger partial charge in [-0.15, -0.1) is 0 Å². The van der Waals surface area contributed by atoms with Crippen molar-refractivity contribution < 1.29 is 13.2 Å². The number of rotatable bonds is 5. The number of halogens is 1. The predicted molar refractivity (Wildman–Crippen MR) is 73.5 cm³/mol. The van der Waals surface area contributed by atoms with Crippen LogP contribution in [0.15, 0.2) is 22.7 Å². The van der Waals surface area contributed by atoms with E-state index >= 15 is 0 Å². The van der Waals surface area contributed by atoms with Gasteiger partial charge in [-0.3, -0.25) is 0 Å². The molecule has 1 aromatic rings. The van der Waals surface area contributed by atoms with E-state index in [2.05, 4.69) is 21.2 Å². The van der Waals surface area contributed by atoms with Crippen LogP contribution >= 0.6 is 15.9 Å². The van der Waals surface area contributed by atoms with Gasteiger partial charge in [0, 0.05) is 24.1 Å². The lowest BCUT2D eigenvalue weighted by Crippen LogP contribution is -2.24. The fourth-order valence-electron chi connectivity index (χ4n) is 1.53. The zero-order valence-electron chi connectivity index (χ0n) is 10.0. The van der Waals surface area contributed by atoms with Crippen LogP contribution in [-0.4, -0.2) is 33.6 Å². The molecule has 1 unspecified atom stereocenters. The number of hydrogen-bond donors (Lipinski definition) is 1. The third kappa shape index (κ3) is 4.95. The van der Waals surface area contributed by atoms with E-state index in [1.807, 2.05) is 25.1 Å². The summed E-state index contributed by atoms with van der Waals surface area (Å²) in [6, 6.07) is 5.40. The summed E-state index contributed by atoms with van der Waals surface area (Å²) in [7, 11) is -1.38. The molecule has 0 aliphatic heterocycles. The van der Waals surface area contributed by atoms with Crippen LogP contribution in [0.1, 0.15) is 6.92 Å². The van der Waals surface area contributed by atoms with Gasteiger partial charge in [-0.1, -0.05) is 0 Å². The summed E-state index contributed by atoms with van der Waals surface area (Å²) < 4.78 is 28.3. The van der Waals surface area contributed by atoms with Crippen LogP contribution in [0.4, 0.5) is 5.69 Å². The second-order valence-corrected chi connectivity index (χ2v) is 7.03. The molecule has 1 rings (SSSR count). The largest absolute Gasteiger partial charge is 0.495 e. The Morgan fingerprint density at radius 2 is 2.12 bits per heavy atom. The maximum atomic E-state index is 11.1. The molecule has 1 N–H and O–H groups in total. The van der Waals surface area contributed by atoms with Gasteiger partial charge in [0.05, 0.1) is 17.3 Å². The van der Waals surface area contributed by atoms with Crippen LogP contribution in [0, 0.1) is 0 Å². The Hall–Kier alpha value is -0.750. The number of methoxy groups -OCH3 is 1. The molecule has 0 saturated carbocycles. The Bertz CT molecular complexity index is 487. The normalized spacial score (nSPS) is 13.2. The first kappa shape index (κ1) is 14.3. The number of benzene rings is 1. The first-order chi connectivity index (χ1) is 7.81. The van der Waals surface area contributed by atoms with Crippen LogP contribution in [0.25, 0.3) is 0 Å². The maximum Gasteiger partial charge on any atom is 0.149 e. The fourth-order valence-corrected chi connectivity index (χ4v) is 2.93. The van der Waals surface area contributed by atoms with Crippen molar-refractivity contribution in [1.82, 2.24) is 0 Å². The van der Waals surface area contributed by atoms with Gasteiger partial charge in [-0.25, -0.2) is 8.42 Å². The molecule has 0 heterocycles. The van der Waals surface area contributed by atoms with Crippen molar-refractivity contribution in [2.24, 2.45) is 0 Å². The summed E-state index contributed by atoms with van der Waals surface area (Å²) in [5, 5.41) is 3.12. The molecule has 0 spiro atoms. The third-order valence-electron chi connectivity index (χ3n) is 2.12. The maximum absolute atomic E-state index is 11.1. The van der Waals surface area contributed by atoms with Gasteiger partial charge in [0.1, 0.15) is 15.6 Å². The minimum absolute atomic E-state index is 0.103. The molecule has 6 heteroatoms. The molecule has 0 fully saturated rings. The zero-order chi connectivity index (χ0) is 13.1. The lowest BCUT2D eigenvalue weighted by molar-refractivity contribution is 0.412. The second-order valence-electron chi connectivity index (χ2n) is 3.99. The molecule has 0 saturated heterocycles. The average molecular weight is 322 g/mol. The van der Waals surface area contributed by atoms with E-state index in [-0.39, 0.29) is 11.8 Å². The minimum atomic E-state index is -2.97. The summed E-state index contributed by atoms with van der Waals surface area (Å²) in [6.45, 7) is 1.83. The molecule has 0 aliphatic carbocycles. The first-order valence-corrected chi connectivity index (χ1v) is 7.95. The summed E-state index contributed by atoms with van der Waals surface area (Å²) in [4.78, 5) is 0. The molecule has 4 nitrogen and oxygen atoms in total. The highest BCUT2D eigenvalue weighted by molar-refractivity contribution is 9.10. The molecule has 1 aromatic carbocycles. The molecule has 1 atom stereocenters. The average Bonchev–Trinajstić information content (AvgIpc) is 2.18. The third-order valence-corrected chi connectivity index (χ3v) is 3.88. The van der Waals surface area contributed by atoms with E-state index in [1.165, 1.54) is 6.26 Å². The second kappa shape index (κ2) is 5.73. The number of sulfone groups is 1. The highest BCUT2D eigenvalue weighted by Crippen LogP contribution is 2.28. The van der Waals surface area contributed by atoms with Gasteiger partial charge in [-0.2, -0.15) is 0 Å². The molecule has 0 bridgehead atoms. The van der Waals surface area contributed by atoms with Gasteiger partial charge < -0.3 is 10.1 Å². The molecule has 0 amide bonds. The summed E-state index contributed by atoms with van der Waals surface area (Å²) >= 11 is 3.36. The fraction of sp³-hybridized carbons (Fsp3) is 0.455.